The number of ether oxygens (including phenoxy) is 2. The van der Waals surface area contributed by atoms with Crippen LogP contribution >= 0.6 is 11.3 Å². The third-order valence-electron chi connectivity index (χ3n) is 4.47. The zero-order chi connectivity index (χ0) is 21.1. The van der Waals surface area contributed by atoms with E-state index in [2.05, 4.69) is 5.32 Å². The van der Waals surface area contributed by atoms with E-state index >= 15 is 0 Å². The normalized spacial score (nSPS) is 19.0. The van der Waals surface area contributed by atoms with E-state index in [1.54, 1.807) is 24.3 Å². The molecular weight excluding hydrogens is 417 g/mol. The Kier molecular flexibility index (Phi) is 5.81. The summed E-state index contributed by atoms with van der Waals surface area (Å²) < 4.78 is 23.4. The molecule has 1 aromatic heterocycles. The number of rotatable bonds is 6. The average Bonchev–Trinajstić information content (AvgIpc) is 3.34. The number of amides is 3. The Morgan fingerprint density at radius 1 is 1.23 bits per heavy atom. The maximum Gasteiger partial charge on any atom is 0.414 e. The molecule has 1 N–H and O–H groups in total. The maximum atomic E-state index is 13.0. The van der Waals surface area contributed by atoms with E-state index in [-0.39, 0.29) is 30.5 Å². The van der Waals surface area contributed by atoms with Crippen LogP contribution in [-0.2, 0) is 14.3 Å². The van der Waals surface area contributed by atoms with Crippen LogP contribution in [0.1, 0.15) is 9.67 Å². The average molecular weight is 435 g/mol. The number of carbonyl (C=O) groups excluding carboxylic acids is 3. The topological polar surface area (TPSA) is 97.4 Å². The first-order valence-corrected chi connectivity index (χ1v) is 9.99. The number of nitrogens with one attached hydrogen (secondary N) is 1. The van der Waals surface area contributed by atoms with Crippen LogP contribution in [0.2, 0.25) is 0 Å². The van der Waals surface area contributed by atoms with Gasteiger partial charge in [0.15, 0.2) is 10.9 Å². The minimum Gasteiger partial charge on any atom is -0.442 e. The van der Waals surface area contributed by atoms with Crippen LogP contribution in [-0.4, -0.2) is 61.9 Å². The van der Waals surface area contributed by atoms with Crippen molar-refractivity contribution in [3.63, 3.8) is 0 Å². The van der Waals surface area contributed by atoms with E-state index < -0.39 is 23.2 Å². The lowest BCUT2D eigenvalue weighted by Crippen LogP contribution is -2.43. The molecule has 30 heavy (non-hydrogen) atoms. The van der Waals surface area contributed by atoms with Crippen LogP contribution < -0.4 is 15.1 Å². The van der Waals surface area contributed by atoms with Gasteiger partial charge in [-0.15, -0.1) is 11.3 Å². The number of nitrogens with zero attached hydrogens (tertiary/aromatic N) is 2. The molecule has 3 amide bonds. The largest absolute Gasteiger partial charge is 0.442 e. The van der Waals surface area contributed by atoms with Crippen molar-refractivity contribution in [1.82, 2.24) is 10.4 Å². The number of benzene rings is 1. The highest BCUT2D eigenvalue weighted by molar-refractivity contribution is 7.12. The molecule has 2 saturated heterocycles. The summed E-state index contributed by atoms with van der Waals surface area (Å²) in [6, 6.07) is 9.26. The predicted octanol–water partition coefficient (Wildman–Crippen LogP) is 1.80. The van der Waals surface area contributed by atoms with E-state index in [9.17, 15) is 18.8 Å². The molecule has 2 aliphatic rings. The molecule has 4 rings (SSSR count). The van der Waals surface area contributed by atoms with Crippen molar-refractivity contribution in [3.05, 3.63) is 46.4 Å². The van der Waals surface area contributed by atoms with Gasteiger partial charge in [0, 0.05) is 5.69 Å². The lowest BCUT2D eigenvalue weighted by molar-refractivity contribution is -0.174. The fourth-order valence-corrected chi connectivity index (χ4v) is 3.63. The highest BCUT2D eigenvalue weighted by atomic mass is 32.1. The van der Waals surface area contributed by atoms with Crippen LogP contribution in [0.15, 0.2) is 36.4 Å². The van der Waals surface area contributed by atoms with E-state index in [1.165, 1.54) is 22.1 Å². The van der Waals surface area contributed by atoms with Gasteiger partial charge in [-0.1, -0.05) is 0 Å². The highest BCUT2D eigenvalue weighted by Gasteiger charge is 2.32. The summed E-state index contributed by atoms with van der Waals surface area (Å²) in [6.07, 6.45) is -1.07. The van der Waals surface area contributed by atoms with Gasteiger partial charge in [-0.2, -0.15) is 9.45 Å². The summed E-state index contributed by atoms with van der Waals surface area (Å²) in [7, 11) is 0. The van der Waals surface area contributed by atoms with E-state index in [4.69, 9.17) is 14.3 Å². The third kappa shape index (κ3) is 4.52. The summed E-state index contributed by atoms with van der Waals surface area (Å²) in [4.78, 5) is 43.1. The van der Waals surface area contributed by atoms with Gasteiger partial charge in [0.05, 0.1) is 31.1 Å². The molecule has 1 aromatic carbocycles. The number of hydrogen-bond acceptors (Lipinski definition) is 7. The van der Waals surface area contributed by atoms with Gasteiger partial charge < -0.3 is 19.6 Å². The van der Waals surface area contributed by atoms with Crippen LogP contribution in [0, 0.1) is 5.13 Å². The van der Waals surface area contributed by atoms with Crippen LogP contribution in [0.25, 0.3) is 0 Å². The number of hydroxylamine groups is 2. The number of thiophene rings is 1. The van der Waals surface area contributed by atoms with Crippen LogP contribution in [0.3, 0.4) is 0 Å². The van der Waals surface area contributed by atoms with Gasteiger partial charge in [0.2, 0.25) is 0 Å². The lowest BCUT2D eigenvalue weighted by atomic mass is 10.2. The maximum absolute atomic E-state index is 13.0. The molecule has 0 radical (unpaired) electrons. The summed E-state index contributed by atoms with van der Waals surface area (Å²) in [5.41, 5.74) is 0.592. The molecule has 1 unspecified atom stereocenters. The second-order valence-corrected chi connectivity index (χ2v) is 7.60. The number of cyclic esters (lactones) is 1. The molecule has 3 heterocycles. The Morgan fingerprint density at radius 2 is 2.03 bits per heavy atom. The van der Waals surface area contributed by atoms with Gasteiger partial charge in [0.25, 0.3) is 11.8 Å². The Hall–Kier alpha value is -3.18. The molecule has 0 aliphatic carbocycles. The Labute approximate surface area is 174 Å². The summed E-state index contributed by atoms with van der Waals surface area (Å²) >= 11 is 0.750. The number of hydrogen-bond donors (Lipinski definition) is 1. The van der Waals surface area contributed by atoms with Gasteiger partial charge in [-0.3, -0.25) is 14.5 Å². The minimum absolute atomic E-state index is 0.0168. The second kappa shape index (κ2) is 8.67. The van der Waals surface area contributed by atoms with Crippen molar-refractivity contribution in [1.29, 1.82) is 0 Å². The zero-order valence-corrected chi connectivity index (χ0v) is 16.5. The molecule has 1 atom stereocenters. The van der Waals surface area contributed by atoms with Gasteiger partial charge in [-0.05, 0) is 36.4 Å². The number of carbonyl (C=O) groups is 3. The standard InChI is InChI=1S/C19H18FN3O6S/c20-16-6-5-15(30-16)18(25)21-9-14-10-22(19(26)28-14)12-1-3-13(4-2-12)29-23-7-8-27-11-17(23)24/h1-6,14H,7-11H2,(H,21,25). The van der Waals surface area contributed by atoms with Gasteiger partial charge in [0.1, 0.15) is 12.7 Å². The molecule has 158 valence electrons. The summed E-state index contributed by atoms with van der Waals surface area (Å²) in [6.45, 7) is 1.09. The molecular formula is C19H18FN3O6S. The van der Waals surface area contributed by atoms with Gasteiger partial charge >= 0.3 is 6.09 Å². The first-order chi connectivity index (χ1) is 14.5. The van der Waals surface area contributed by atoms with Crippen LogP contribution in [0.5, 0.6) is 5.75 Å². The molecule has 9 nitrogen and oxygen atoms in total. The molecule has 2 aliphatic heterocycles. The monoisotopic (exact) mass is 435 g/mol. The van der Waals surface area contributed by atoms with E-state index in [1.807, 2.05) is 0 Å². The quantitative estimate of drug-likeness (QED) is 0.743. The summed E-state index contributed by atoms with van der Waals surface area (Å²) in [5, 5.41) is 3.43. The lowest BCUT2D eigenvalue weighted by Gasteiger charge is -2.26. The molecule has 0 spiro atoms. The Balaban J connectivity index is 1.31. The third-order valence-corrected chi connectivity index (χ3v) is 5.34. The Bertz CT molecular complexity index is 950. The van der Waals surface area contributed by atoms with E-state index in [0.29, 0.717) is 24.6 Å². The number of morpholine rings is 1. The summed E-state index contributed by atoms with van der Waals surface area (Å²) in [5.74, 6) is -0.227. The second-order valence-electron chi connectivity index (χ2n) is 6.56. The predicted molar refractivity (Wildman–Crippen MR) is 104 cm³/mol. The zero-order valence-electron chi connectivity index (χ0n) is 15.7. The fourth-order valence-electron chi connectivity index (χ4n) is 2.98. The van der Waals surface area contributed by atoms with Crippen molar-refractivity contribution >= 4 is 34.9 Å². The molecule has 2 fully saturated rings. The molecule has 0 saturated carbocycles. The minimum atomic E-state index is -0.534. The van der Waals surface area contributed by atoms with E-state index in [0.717, 1.165) is 11.3 Å². The smallest absolute Gasteiger partial charge is 0.414 e. The fraction of sp³-hybridized carbons (Fsp3) is 0.316. The van der Waals surface area contributed by atoms with Crippen molar-refractivity contribution in [3.8, 4) is 5.75 Å². The van der Waals surface area contributed by atoms with Crippen LogP contribution in [0.4, 0.5) is 14.9 Å². The highest BCUT2D eigenvalue weighted by Crippen LogP contribution is 2.25. The molecule has 2 aromatic rings. The van der Waals surface area contributed by atoms with Crippen molar-refractivity contribution in [2.24, 2.45) is 0 Å². The van der Waals surface area contributed by atoms with Crippen molar-refractivity contribution < 1.29 is 33.1 Å². The number of anilines is 1. The van der Waals surface area contributed by atoms with Crippen molar-refractivity contribution in [2.45, 2.75) is 6.10 Å². The number of halogens is 1. The first-order valence-electron chi connectivity index (χ1n) is 9.17. The SMILES string of the molecule is O=C(NCC1CN(c2ccc(ON3CCOCC3=O)cc2)C(=O)O1)c1ccc(F)s1. The Morgan fingerprint density at radius 3 is 2.73 bits per heavy atom. The molecule has 11 heteroatoms. The van der Waals surface area contributed by atoms with Crippen molar-refractivity contribution in [2.75, 3.05) is 37.7 Å². The molecule has 0 bridgehead atoms. The first kappa shape index (κ1) is 20.1. The van der Waals surface area contributed by atoms with Gasteiger partial charge in [-0.25, -0.2) is 4.79 Å².